The van der Waals surface area contributed by atoms with Crippen LogP contribution in [0, 0.1) is 5.92 Å². The van der Waals surface area contributed by atoms with E-state index < -0.39 is 0 Å². The van der Waals surface area contributed by atoms with E-state index in [9.17, 15) is 0 Å². The van der Waals surface area contributed by atoms with E-state index in [1.807, 2.05) is 6.08 Å². The Morgan fingerprint density at radius 2 is 2.30 bits per heavy atom. The van der Waals surface area contributed by atoms with Gasteiger partial charge in [0.2, 0.25) is 0 Å². The lowest BCUT2D eigenvalue weighted by Crippen LogP contribution is -2.07. The number of rotatable bonds is 1. The zero-order valence-corrected chi connectivity index (χ0v) is 6.59. The Bertz CT molecular complexity index is 177. The van der Waals surface area contributed by atoms with Gasteiger partial charge in [-0.3, -0.25) is 0 Å². The maximum atomic E-state index is 8.85. The summed E-state index contributed by atoms with van der Waals surface area (Å²) in [6, 6.07) is 0. The van der Waals surface area contributed by atoms with E-state index in [-0.39, 0.29) is 6.61 Å². The van der Waals surface area contributed by atoms with Gasteiger partial charge in [-0.15, -0.1) is 0 Å². The number of aliphatic hydroxyl groups is 1. The van der Waals surface area contributed by atoms with Crippen molar-refractivity contribution in [3.63, 3.8) is 0 Å². The molecule has 0 saturated carbocycles. The lowest BCUT2D eigenvalue weighted by atomic mass is 9.90. The molecule has 0 aromatic carbocycles. The third-order valence-corrected chi connectivity index (χ3v) is 2.03. The van der Waals surface area contributed by atoms with E-state index in [1.165, 1.54) is 5.57 Å². The van der Waals surface area contributed by atoms with Crippen molar-refractivity contribution in [2.45, 2.75) is 20.3 Å². The average Bonchev–Trinajstić information content (AvgIpc) is 1.88. The zero-order valence-electron chi connectivity index (χ0n) is 6.59. The van der Waals surface area contributed by atoms with Crippen molar-refractivity contribution in [3.8, 4) is 0 Å². The molecule has 0 heterocycles. The molecule has 0 saturated heterocycles. The third-order valence-electron chi connectivity index (χ3n) is 2.03. The van der Waals surface area contributed by atoms with Gasteiger partial charge >= 0.3 is 0 Å². The molecule has 0 radical (unpaired) electrons. The number of aliphatic hydroxyl groups excluding tert-OH is 1. The molecule has 1 rings (SSSR count). The minimum absolute atomic E-state index is 0.213. The van der Waals surface area contributed by atoms with Crippen molar-refractivity contribution < 1.29 is 5.11 Å². The van der Waals surface area contributed by atoms with Crippen molar-refractivity contribution in [2.24, 2.45) is 5.92 Å². The van der Waals surface area contributed by atoms with Crippen LogP contribution in [-0.2, 0) is 0 Å². The minimum atomic E-state index is 0.213. The summed E-state index contributed by atoms with van der Waals surface area (Å²) in [5, 5.41) is 8.85. The summed E-state index contributed by atoms with van der Waals surface area (Å²) in [6.07, 6.45) is 5.22. The molecule has 1 unspecified atom stereocenters. The quantitative estimate of drug-likeness (QED) is 0.586. The van der Waals surface area contributed by atoms with Gasteiger partial charge in [0, 0.05) is 0 Å². The van der Waals surface area contributed by atoms with Crippen LogP contribution in [0.15, 0.2) is 23.3 Å². The second-order valence-corrected chi connectivity index (χ2v) is 3.02. The third kappa shape index (κ3) is 1.48. The zero-order chi connectivity index (χ0) is 7.56. The van der Waals surface area contributed by atoms with Gasteiger partial charge in [0.1, 0.15) is 0 Å². The molecular weight excluding hydrogens is 124 g/mol. The molecule has 1 aliphatic rings. The van der Waals surface area contributed by atoms with E-state index in [0.717, 1.165) is 12.0 Å². The maximum Gasteiger partial charge on any atom is 0.0647 e. The summed E-state index contributed by atoms with van der Waals surface area (Å²) in [5.74, 6) is 0.537. The summed E-state index contributed by atoms with van der Waals surface area (Å²) >= 11 is 0. The summed E-state index contributed by atoms with van der Waals surface area (Å²) in [5.41, 5.74) is 2.57. The van der Waals surface area contributed by atoms with Crippen LogP contribution in [0.2, 0.25) is 0 Å². The molecule has 1 heteroatoms. The maximum absolute atomic E-state index is 8.85. The smallest absolute Gasteiger partial charge is 0.0647 e. The van der Waals surface area contributed by atoms with Gasteiger partial charge in [0.05, 0.1) is 6.61 Å². The summed E-state index contributed by atoms with van der Waals surface area (Å²) in [6.45, 7) is 4.49. The van der Waals surface area contributed by atoms with E-state index in [4.69, 9.17) is 5.11 Å². The molecule has 0 aliphatic heterocycles. The van der Waals surface area contributed by atoms with Crippen LogP contribution in [0.1, 0.15) is 20.3 Å². The standard InChI is InChI=1S/C9H14O/c1-7-3-4-9(6-10)8(2)5-7/h3-4,8,10H,5-6H2,1-2H3. The van der Waals surface area contributed by atoms with Gasteiger partial charge in [0.25, 0.3) is 0 Å². The molecule has 0 aromatic rings. The molecule has 56 valence electrons. The number of allylic oxidation sites excluding steroid dienone is 3. The average molecular weight is 138 g/mol. The predicted octanol–water partition coefficient (Wildman–Crippen LogP) is 1.89. The van der Waals surface area contributed by atoms with Crippen LogP contribution in [0.3, 0.4) is 0 Å². The number of hydrogen-bond donors (Lipinski definition) is 1. The van der Waals surface area contributed by atoms with Crippen LogP contribution in [0.4, 0.5) is 0 Å². The highest BCUT2D eigenvalue weighted by Gasteiger charge is 2.10. The largest absolute Gasteiger partial charge is 0.392 e. The first-order valence-electron chi connectivity index (χ1n) is 3.71. The van der Waals surface area contributed by atoms with Crippen LogP contribution in [0.5, 0.6) is 0 Å². The SMILES string of the molecule is CC1=CC=C(CO)C(C)C1. The molecule has 1 atom stereocenters. The van der Waals surface area contributed by atoms with E-state index >= 15 is 0 Å². The van der Waals surface area contributed by atoms with Crippen molar-refractivity contribution in [1.29, 1.82) is 0 Å². The van der Waals surface area contributed by atoms with Crippen LogP contribution in [-0.4, -0.2) is 11.7 Å². The fraction of sp³-hybridized carbons (Fsp3) is 0.556. The van der Waals surface area contributed by atoms with Gasteiger partial charge in [0.15, 0.2) is 0 Å². The molecule has 1 aliphatic carbocycles. The normalized spacial score (nSPS) is 25.7. The van der Waals surface area contributed by atoms with Gasteiger partial charge in [-0.25, -0.2) is 0 Å². The Morgan fingerprint density at radius 3 is 2.80 bits per heavy atom. The van der Waals surface area contributed by atoms with E-state index in [0.29, 0.717) is 5.92 Å². The molecule has 1 nitrogen and oxygen atoms in total. The molecule has 0 bridgehead atoms. The molecule has 0 spiro atoms. The fourth-order valence-electron chi connectivity index (χ4n) is 1.30. The first kappa shape index (κ1) is 7.55. The van der Waals surface area contributed by atoms with Gasteiger partial charge in [-0.05, 0) is 24.8 Å². The second kappa shape index (κ2) is 3.02. The first-order chi connectivity index (χ1) is 4.74. The van der Waals surface area contributed by atoms with Crippen LogP contribution < -0.4 is 0 Å². The molecule has 0 fully saturated rings. The van der Waals surface area contributed by atoms with Crippen molar-refractivity contribution in [3.05, 3.63) is 23.3 Å². The first-order valence-corrected chi connectivity index (χ1v) is 3.71. The highest BCUT2D eigenvalue weighted by atomic mass is 16.3. The lowest BCUT2D eigenvalue weighted by Gasteiger charge is -2.17. The van der Waals surface area contributed by atoms with Crippen LogP contribution in [0.25, 0.3) is 0 Å². The van der Waals surface area contributed by atoms with Crippen LogP contribution >= 0.6 is 0 Å². The van der Waals surface area contributed by atoms with Gasteiger partial charge in [-0.2, -0.15) is 0 Å². The lowest BCUT2D eigenvalue weighted by molar-refractivity contribution is 0.315. The number of hydrogen-bond acceptors (Lipinski definition) is 1. The molecule has 1 N–H and O–H groups in total. The van der Waals surface area contributed by atoms with Crippen molar-refractivity contribution in [1.82, 2.24) is 0 Å². The van der Waals surface area contributed by atoms with Gasteiger partial charge < -0.3 is 5.11 Å². The molecule has 10 heavy (non-hydrogen) atoms. The Hall–Kier alpha value is -0.560. The Morgan fingerprint density at radius 1 is 1.60 bits per heavy atom. The highest BCUT2D eigenvalue weighted by molar-refractivity contribution is 5.25. The Labute approximate surface area is 62.1 Å². The second-order valence-electron chi connectivity index (χ2n) is 3.02. The summed E-state index contributed by atoms with van der Waals surface area (Å²) in [4.78, 5) is 0. The fourth-order valence-corrected chi connectivity index (χ4v) is 1.30. The Kier molecular flexibility index (Phi) is 2.28. The summed E-state index contributed by atoms with van der Waals surface area (Å²) < 4.78 is 0. The molecule has 0 aromatic heterocycles. The topological polar surface area (TPSA) is 20.2 Å². The molecule has 0 amide bonds. The van der Waals surface area contributed by atoms with Crippen molar-refractivity contribution in [2.75, 3.05) is 6.61 Å². The van der Waals surface area contributed by atoms with E-state index in [1.54, 1.807) is 0 Å². The predicted molar refractivity (Wildman–Crippen MR) is 42.7 cm³/mol. The molecular formula is C9H14O. The monoisotopic (exact) mass is 138 g/mol. The van der Waals surface area contributed by atoms with Gasteiger partial charge in [-0.1, -0.05) is 24.6 Å². The minimum Gasteiger partial charge on any atom is -0.392 e. The Balaban J connectivity index is 2.71. The van der Waals surface area contributed by atoms with Crippen molar-refractivity contribution >= 4 is 0 Å². The van der Waals surface area contributed by atoms with E-state index in [2.05, 4.69) is 19.9 Å². The summed E-state index contributed by atoms with van der Waals surface area (Å²) in [7, 11) is 0. The highest BCUT2D eigenvalue weighted by Crippen LogP contribution is 2.23.